The molecule has 0 aliphatic carbocycles. The zero-order valence-electron chi connectivity index (χ0n) is 9.55. The molecule has 16 heavy (non-hydrogen) atoms. The Morgan fingerprint density at radius 1 is 1.50 bits per heavy atom. The standard InChI is InChI=1S/C12H16BrNO2/c1-9-4-5-11(14-10(2)15)8-12(9)16-7-3-6-13/h4-5,8H,3,6-7H2,1-2H3,(H,14,15). The molecule has 0 unspecified atom stereocenters. The lowest BCUT2D eigenvalue weighted by molar-refractivity contribution is -0.114. The summed E-state index contributed by atoms with van der Waals surface area (Å²) in [5.74, 6) is 0.752. The van der Waals surface area contributed by atoms with Crippen LogP contribution in [0.4, 0.5) is 5.69 Å². The number of amides is 1. The van der Waals surface area contributed by atoms with E-state index in [2.05, 4.69) is 21.2 Å². The summed E-state index contributed by atoms with van der Waals surface area (Å²) in [5, 5.41) is 3.66. The molecule has 4 heteroatoms. The van der Waals surface area contributed by atoms with Gasteiger partial charge in [0.25, 0.3) is 0 Å². The molecule has 1 aromatic rings. The van der Waals surface area contributed by atoms with E-state index in [-0.39, 0.29) is 5.91 Å². The molecular formula is C12H16BrNO2. The SMILES string of the molecule is CC(=O)Nc1ccc(C)c(OCCCBr)c1. The highest BCUT2D eigenvalue weighted by atomic mass is 79.9. The zero-order chi connectivity index (χ0) is 12.0. The van der Waals surface area contributed by atoms with Gasteiger partial charge < -0.3 is 10.1 Å². The summed E-state index contributed by atoms with van der Waals surface area (Å²) >= 11 is 3.35. The fourth-order valence-corrected chi connectivity index (χ4v) is 1.50. The average Bonchev–Trinajstić information content (AvgIpc) is 2.22. The lowest BCUT2D eigenvalue weighted by atomic mass is 10.2. The minimum atomic E-state index is -0.0738. The van der Waals surface area contributed by atoms with Crippen LogP contribution in [0.1, 0.15) is 18.9 Å². The lowest BCUT2D eigenvalue weighted by Crippen LogP contribution is -2.06. The third-order valence-corrected chi connectivity index (χ3v) is 2.60. The molecule has 0 fully saturated rings. The van der Waals surface area contributed by atoms with Crippen LogP contribution in [0.15, 0.2) is 18.2 Å². The number of rotatable bonds is 5. The smallest absolute Gasteiger partial charge is 0.221 e. The van der Waals surface area contributed by atoms with Crippen LogP contribution in [0.3, 0.4) is 0 Å². The van der Waals surface area contributed by atoms with Gasteiger partial charge in [-0.2, -0.15) is 0 Å². The molecule has 1 rings (SSSR count). The number of carbonyl (C=O) groups is 1. The fraction of sp³-hybridized carbons (Fsp3) is 0.417. The molecular weight excluding hydrogens is 270 g/mol. The maximum atomic E-state index is 10.9. The average molecular weight is 286 g/mol. The van der Waals surface area contributed by atoms with E-state index >= 15 is 0 Å². The summed E-state index contributed by atoms with van der Waals surface area (Å²) in [6, 6.07) is 5.66. The van der Waals surface area contributed by atoms with E-state index in [0.29, 0.717) is 6.61 Å². The van der Waals surface area contributed by atoms with Crippen LogP contribution in [-0.4, -0.2) is 17.8 Å². The predicted octanol–water partition coefficient (Wildman–Crippen LogP) is 3.12. The fourth-order valence-electron chi connectivity index (χ4n) is 1.27. The topological polar surface area (TPSA) is 38.3 Å². The molecule has 0 atom stereocenters. The molecule has 0 saturated carbocycles. The van der Waals surface area contributed by atoms with Gasteiger partial charge >= 0.3 is 0 Å². The molecule has 1 aromatic carbocycles. The Morgan fingerprint density at radius 3 is 2.88 bits per heavy atom. The second kappa shape index (κ2) is 6.53. The second-order valence-corrected chi connectivity index (χ2v) is 4.35. The number of hydrogen-bond acceptors (Lipinski definition) is 2. The first-order valence-electron chi connectivity index (χ1n) is 5.20. The molecule has 0 aliphatic rings. The molecule has 88 valence electrons. The first-order valence-corrected chi connectivity index (χ1v) is 6.32. The highest BCUT2D eigenvalue weighted by Crippen LogP contribution is 2.22. The Morgan fingerprint density at radius 2 is 2.25 bits per heavy atom. The summed E-state index contributed by atoms with van der Waals surface area (Å²) in [6.07, 6.45) is 0.962. The lowest BCUT2D eigenvalue weighted by Gasteiger charge is -2.10. The van der Waals surface area contributed by atoms with Crippen molar-refractivity contribution in [3.8, 4) is 5.75 Å². The zero-order valence-corrected chi connectivity index (χ0v) is 11.1. The molecule has 3 nitrogen and oxygen atoms in total. The third-order valence-electron chi connectivity index (χ3n) is 2.04. The first kappa shape index (κ1) is 13.0. The van der Waals surface area contributed by atoms with E-state index < -0.39 is 0 Å². The number of halogens is 1. The van der Waals surface area contributed by atoms with Crippen molar-refractivity contribution in [1.29, 1.82) is 0 Å². The molecule has 1 amide bonds. The van der Waals surface area contributed by atoms with Gasteiger partial charge in [0.05, 0.1) is 6.61 Å². The van der Waals surface area contributed by atoms with Gasteiger partial charge in [0, 0.05) is 24.0 Å². The van der Waals surface area contributed by atoms with Gasteiger partial charge in [-0.05, 0) is 25.0 Å². The number of anilines is 1. The third kappa shape index (κ3) is 4.23. The van der Waals surface area contributed by atoms with Crippen LogP contribution in [-0.2, 0) is 4.79 Å². The van der Waals surface area contributed by atoms with Gasteiger partial charge in [-0.1, -0.05) is 22.0 Å². The number of carbonyl (C=O) groups excluding carboxylic acids is 1. The minimum absolute atomic E-state index is 0.0738. The summed E-state index contributed by atoms with van der Waals surface area (Å²) in [6.45, 7) is 4.15. The van der Waals surface area contributed by atoms with Crippen molar-refractivity contribution < 1.29 is 9.53 Å². The molecule has 0 aromatic heterocycles. The minimum Gasteiger partial charge on any atom is -0.493 e. The number of alkyl halides is 1. The second-order valence-electron chi connectivity index (χ2n) is 3.55. The van der Waals surface area contributed by atoms with E-state index in [9.17, 15) is 4.79 Å². The summed E-state index contributed by atoms with van der Waals surface area (Å²) in [5.41, 5.74) is 1.84. The Bertz CT molecular complexity index is 366. The maximum Gasteiger partial charge on any atom is 0.221 e. The maximum absolute atomic E-state index is 10.9. The van der Waals surface area contributed by atoms with Gasteiger partial charge in [-0.15, -0.1) is 0 Å². The van der Waals surface area contributed by atoms with Crippen molar-refractivity contribution in [2.45, 2.75) is 20.3 Å². The van der Waals surface area contributed by atoms with Crippen molar-refractivity contribution in [3.63, 3.8) is 0 Å². The van der Waals surface area contributed by atoms with Gasteiger partial charge in [0.2, 0.25) is 5.91 Å². The van der Waals surface area contributed by atoms with Gasteiger partial charge in [0.1, 0.15) is 5.75 Å². The molecule has 0 spiro atoms. The monoisotopic (exact) mass is 285 g/mol. The Balaban J connectivity index is 2.70. The Hall–Kier alpha value is -1.03. The summed E-state index contributed by atoms with van der Waals surface area (Å²) < 4.78 is 5.62. The predicted molar refractivity (Wildman–Crippen MR) is 69.4 cm³/mol. The Labute approximate surface area is 104 Å². The summed E-state index contributed by atoms with van der Waals surface area (Å²) in [4.78, 5) is 10.9. The quantitative estimate of drug-likeness (QED) is 0.667. The van der Waals surface area contributed by atoms with Crippen LogP contribution in [0, 0.1) is 6.92 Å². The summed E-state index contributed by atoms with van der Waals surface area (Å²) in [7, 11) is 0. The largest absolute Gasteiger partial charge is 0.493 e. The van der Waals surface area contributed by atoms with E-state index in [1.165, 1.54) is 6.92 Å². The molecule has 0 radical (unpaired) electrons. The number of aryl methyl sites for hydroxylation is 1. The van der Waals surface area contributed by atoms with Gasteiger partial charge in [-0.25, -0.2) is 0 Å². The molecule has 1 N–H and O–H groups in total. The van der Waals surface area contributed by atoms with Crippen molar-refractivity contribution in [1.82, 2.24) is 0 Å². The van der Waals surface area contributed by atoms with Crippen molar-refractivity contribution >= 4 is 27.5 Å². The molecule has 0 bridgehead atoms. The Kier molecular flexibility index (Phi) is 5.32. The number of nitrogens with one attached hydrogen (secondary N) is 1. The number of ether oxygens (including phenoxy) is 1. The molecule has 0 saturated heterocycles. The van der Waals surface area contributed by atoms with Crippen LogP contribution >= 0.6 is 15.9 Å². The normalized spacial score (nSPS) is 9.94. The van der Waals surface area contributed by atoms with Crippen LogP contribution in [0.2, 0.25) is 0 Å². The van der Waals surface area contributed by atoms with E-state index in [0.717, 1.165) is 28.8 Å². The van der Waals surface area contributed by atoms with E-state index in [4.69, 9.17) is 4.74 Å². The van der Waals surface area contributed by atoms with Crippen molar-refractivity contribution in [2.75, 3.05) is 17.3 Å². The van der Waals surface area contributed by atoms with Gasteiger partial charge in [-0.3, -0.25) is 4.79 Å². The van der Waals surface area contributed by atoms with Crippen LogP contribution in [0.25, 0.3) is 0 Å². The number of benzene rings is 1. The van der Waals surface area contributed by atoms with E-state index in [1.54, 1.807) is 0 Å². The van der Waals surface area contributed by atoms with Crippen LogP contribution in [0.5, 0.6) is 5.75 Å². The highest BCUT2D eigenvalue weighted by molar-refractivity contribution is 9.09. The first-order chi connectivity index (χ1) is 7.63. The van der Waals surface area contributed by atoms with Crippen molar-refractivity contribution in [2.24, 2.45) is 0 Å². The van der Waals surface area contributed by atoms with Crippen molar-refractivity contribution in [3.05, 3.63) is 23.8 Å². The van der Waals surface area contributed by atoms with Gasteiger partial charge in [0.15, 0.2) is 0 Å². The van der Waals surface area contributed by atoms with E-state index in [1.807, 2.05) is 25.1 Å². The highest BCUT2D eigenvalue weighted by Gasteiger charge is 2.02. The van der Waals surface area contributed by atoms with Crippen LogP contribution < -0.4 is 10.1 Å². The molecule has 0 aliphatic heterocycles. The number of hydrogen-bond donors (Lipinski definition) is 1. The molecule has 0 heterocycles.